The van der Waals surface area contributed by atoms with Crippen molar-refractivity contribution in [2.75, 3.05) is 17.3 Å². The largest absolute Gasteiger partial charge is 0.222 e. The first-order valence-corrected chi connectivity index (χ1v) is 20.2. The molecular formula is C30H30S4. The molecule has 3 spiro atoms. The first-order valence-electron chi connectivity index (χ1n) is 13.7. The van der Waals surface area contributed by atoms with Crippen molar-refractivity contribution in [2.24, 2.45) is 0 Å². The third-order valence-electron chi connectivity index (χ3n) is 12.3. The van der Waals surface area contributed by atoms with Crippen molar-refractivity contribution in [1.29, 1.82) is 0 Å². The summed E-state index contributed by atoms with van der Waals surface area (Å²) in [4.78, 5) is 0. The fourth-order valence-corrected chi connectivity index (χ4v) is 25.5. The van der Waals surface area contributed by atoms with E-state index in [-0.39, 0.29) is 30.1 Å². The molecule has 13 unspecified atom stereocenters. The third kappa shape index (κ3) is 1.61. The van der Waals surface area contributed by atoms with Gasteiger partial charge in [-0.25, -0.2) is 30.1 Å². The molecule has 0 aromatic heterocycles. The van der Waals surface area contributed by atoms with Crippen LogP contribution in [0.1, 0.15) is 63.0 Å². The summed E-state index contributed by atoms with van der Waals surface area (Å²) in [5, 5.41) is 17.2. The van der Waals surface area contributed by atoms with Crippen LogP contribution in [0.2, 0.25) is 0 Å². The minimum atomic E-state index is -0.155. The Balaban J connectivity index is 1.14. The Hall–Kier alpha value is -0.420. The number of hydrogen-bond donors (Lipinski definition) is 1. The Morgan fingerprint density at radius 1 is 0.735 bits per heavy atom. The SMILES string of the molecule is CCCC(S)c1ccc2c(C3C4C5CS534)c3cc(C4C5C6CS645)ccc3c(C3C4C5CS534)c2c1. The van der Waals surface area contributed by atoms with Crippen LogP contribution in [0.5, 0.6) is 0 Å². The second-order valence-electron chi connectivity index (χ2n) is 13.2. The minimum absolute atomic E-state index is 0.0504. The molecule has 3 aromatic carbocycles. The molecule has 0 aliphatic carbocycles. The molecule has 0 radical (unpaired) electrons. The van der Waals surface area contributed by atoms with Gasteiger partial charge in [-0.05, 0) is 79.6 Å². The van der Waals surface area contributed by atoms with E-state index in [9.17, 15) is 0 Å². The van der Waals surface area contributed by atoms with Crippen LogP contribution in [-0.2, 0) is 0 Å². The van der Waals surface area contributed by atoms with Gasteiger partial charge in [-0.3, -0.25) is 0 Å². The van der Waals surface area contributed by atoms with Gasteiger partial charge < -0.3 is 0 Å². The third-order valence-corrected chi connectivity index (χ3v) is 26.5. The molecule has 174 valence electrons. The van der Waals surface area contributed by atoms with Crippen LogP contribution >= 0.6 is 42.7 Å². The standard InChI is InChI=1S/C30H30S4/c1-2-3-19(31)13-4-6-15-17(8-13)23(29-27-21-11-33(21,27)29)16-7-5-14(25-26-20-10-32(20,25)26)9-18(16)24(15)30-28-22-12-34(22,28)30/h4-9,19-22,25-31H,2-3,10-12H2,1H3. The van der Waals surface area contributed by atoms with Crippen molar-refractivity contribution < 1.29 is 0 Å². The monoisotopic (exact) mass is 518 g/mol. The maximum atomic E-state index is 5.05. The van der Waals surface area contributed by atoms with Gasteiger partial charge in [0, 0.05) is 52.5 Å². The number of thiol groups is 1. The average Bonchev–Trinajstić information content (AvgIpc) is 3.61. The van der Waals surface area contributed by atoms with Crippen LogP contribution in [0, 0.1) is 0 Å². The van der Waals surface area contributed by atoms with Crippen molar-refractivity contribution in [1.82, 2.24) is 0 Å². The van der Waals surface area contributed by atoms with Gasteiger partial charge in [0.05, 0.1) is 0 Å². The molecule has 9 saturated heterocycles. The summed E-state index contributed by atoms with van der Waals surface area (Å²) in [7, 11) is -0.352. The average molecular weight is 519 g/mol. The van der Waals surface area contributed by atoms with E-state index in [4.69, 9.17) is 12.6 Å². The lowest BCUT2D eigenvalue weighted by atomic mass is 9.85. The predicted molar refractivity (Wildman–Crippen MR) is 156 cm³/mol. The highest BCUT2D eigenvalue weighted by molar-refractivity contribution is 8.54. The molecule has 0 nitrogen and oxygen atoms in total. The van der Waals surface area contributed by atoms with Crippen LogP contribution in [-0.4, -0.2) is 48.8 Å². The molecule has 12 rings (SSSR count). The quantitative estimate of drug-likeness (QED) is 0.193. The topological polar surface area (TPSA) is 0 Å². The van der Waals surface area contributed by atoms with E-state index >= 15 is 0 Å². The van der Waals surface area contributed by atoms with E-state index in [1.807, 2.05) is 11.1 Å². The number of rotatable bonds is 6. The van der Waals surface area contributed by atoms with E-state index in [0.29, 0.717) is 5.25 Å². The van der Waals surface area contributed by atoms with E-state index in [0.717, 1.165) is 26.2 Å². The molecule has 0 saturated carbocycles. The zero-order valence-electron chi connectivity index (χ0n) is 19.4. The van der Waals surface area contributed by atoms with E-state index in [1.165, 1.54) is 39.4 Å². The second-order valence-corrected chi connectivity index (χ2v) is 25.3. The summed E-state index contributed by atoms with van der Waals surface area (Å²) in [5.74, 6) is 4.88. The van der Waals surface area contributed by atoms with Gasteiger partial charge in [-0.2, -0.15) is 12.6 Å². The molecule has 34 heavy (non-hydrogen) atoms. The summed E-state index contributed by atoms with van der Waals surface area (Å²) < 4.78 is 0. The van der Waals surface area contributed by atoms with Gasteiger partial charge in [0.1, 0.15) is 0 Å². The van der Waals surface area contributed by atoms with E-state index < -0.39 is 0 Å². The maximum Gasteiger partial charge on any atom is 0.0274 e. The van der Waals surface area contributed by atoms with Crippen LogP contribution in [0.4, 0.5) is 0 Å². The summed E-state index contributed by atoms with van der Waals surface area (Å²) in [6, 6.07) is 15.7. The van der Waals surface area contributed by atoms with Crippen LogP contribution in [0.15, 0.2) is 36.4 Å². The smallest absolute Gasteiger partial charge is 0.0274 e. The molecule has 9 aliphatic rings. The highest BCUT2D eigenvalue weighted by Crippen LogP contribution is 3.16. The minimum Gasteiger partial charge on any atom is -0.222 e. The lowest BCUT2D eigenvalue weighted by Gasteiger charge is -2.22. The lowest BCUT2D eigenvalue weighted by molar-refractivity contribution is 0.783. The van der Waals surface area contributed by atoms with Gasteiger partial charge in [0.25, 0.3) is 0 Å². The highest BCUT2D eigenvalue weighted by Gasteiger charge is 2.96. The molecular weight excluding hydrogens is 489 g/mol. The predicted octanol–water partition coefficient (Wildman–Crippen LogP) is 7.64. The summed E-state index contributed by atoms with van der Waals surface area (Å²) in [6.45, 7) is 2.30. The van der Waals surface area contributed by atoms with E-state index in [2.05, 4.69) is 43.3 Å². The Kier molecular flexibility index (Phi) is 2.51. The highest BCUT2D eigenvalue weighted by atomic mass is 32.3. The molecule has 9 aliphatic heterocycles. The fourth-order valence-electron chi connectivity index (χ4n) is 9.66. The molecule has 0 N–H and O–H groups in total. The second kappa shape index (κ2) is 4.76. The Morgan fingerprint density at radius 2 is 1.26 bits per heavy atom. The van der Waals surface area contributed by atoms with Crippen molar-refractivity contribution >= 4 is 64.3 Å². The van der Waals surface area contributed by atoms with Gasteiger partial charge in [-0.15, -0.1) is 0 Å². The van der Waals surface area contributed by atoms with Crippen molar-refractivity contribution in [2.45, 2.75) is 72.3 Å². The van der Waals surface area contributed by atoms with Gasteiger partial charge >= 0.3 is 0 Å². The van der Waals surface area contributed by atoms with Crippen molar-refractivity contribution in [3.63, 3.8) is 0 Å². The van der Waals surface area contributed by atoms with Gasteiger partial charge in [0.15, 0.2) is 0 Å². The zero-order chi connectivity index (χ0) is 21.7. The van der Waals surface area contributed by atoms with Crippen LogP contribution < -0.4 is 0 Å². The molecule has 0 bridgehead atoms. The first-order chi connectivity index (χ1) is 16.7. The Labute approximate surface area is 211 Å². The normalized spacial score (nSPS) is 61.4. The Bertz CT molecular complexity index is 1630. The van der Waals surface area contributed by atoms with Crippen LogP contribution in [0.3, 0.4) is 0 Å². The first kappa shape index (κ1) is 17.9. The summed E-state index contributed by atoms with van der Waals surface area (Å²) in [5.41, 5.74) is 6.89. The molecule has 4 heteroatoms. The van der Waals surface area contributed by atoms with Gasteiger partial charge in [-0.1, -0.05) is 37.6 Å². The summed E-state index contributed by atoms with van der Waals surface area (Å²) in [6.07, 6.45) is 2.40. The Morgan fingerprint density at radius 3 is 1.79 bits per heavy atom. The van der Waals surface area contributed by atoms with Gasteiger partial charge in [0.2, 0.25) is 0 Å². The van der Waals surface area contributed by atoms with Crippen molar-refractivity contribution in [3.8, 4) is 0 Å². The van der Waals surface area contributed by atoms with Crippen LogP contribution in [0.25, 0.3) is 21.5 Å². The fraction of sp³-hybridized carbons (Fsp3) is 0.533. The maximum absolute atomic E-state index is 5.05. The number of hydrogen-bond acceptors (Lipinski definition) is 1. The number of fused-ring (bicyclic) bond motifs is 5. The molecule has 3 aromatic rings. The summed E-state index contributed by atoms with van der Waals surface area (Å²) >= 11 is 5.05. The molecule has 9 fully saturated rings. The number of benzene rings is 3. The molecule has 13 atom stereocenters. The lowest BCUT2D eigenvalue weighted by Crippen LogP contribution is -2.04. The molecule has 9 heterocycles. The van der Waals surface area contributed by atoms with E-state index in [1.54, 1.807) is 44.4 Å². The zero-order valence-corrected chi connectivity index (χ0v) is 22.8. The molecule has 0 amide bonds. The van der Waals surface area contributed by atoms with Crippen molar-refractivity contribution in [3.05, 3.63) is 58.7 Å².